The third kappa shape index (κ3) is 8.93. The number of anilines is 2. The number of morpholine rings is 1. The summed E-state index contributed by atoms with van der Waals surface area (Å²) in [5.74, 6) is 3.24. The fourth-order valence-electron chi connectivity index (χ4n) is 10.5. The van der Waals surface area contributed by atoms with Gasteiger partial charge in [0.2, 0.25) is 5.91 Å². The zero-order chi connectivity index (χ0) is 48.1. The highest BCUT2D eigenvalue weighted by atomic mass is 16.5. The molecular formula is C57H60N6O6. The Labute approximate surface area is 404 Å². The molecule has 12 heteroatoms. The van der Waals surface area contributed by atoms with Gasteiger partial charge in [0, 0.05) is 93.3 Å². The lowest BCUT2D eigenvalue weighted by atomic mass is 9.89. The lowest BCUT2D eigenvalue weighted by Crippen LogP contribution is -2.45. The summed E-state index contributed by atoms with van der Waals surface area (Å²) in [4.78, 5) is 52.2. The van der Waals surface area contributed by atoms with Crippen molar-refractivity contribution < 1.29 is 29.0 Å². The molecule has 1 atom stereocenters. The molecule has 6 aromatic rings. The number of aromatic hydroxyl groups is 1. The zero-order valence-corrected chi connectivity index (χ0v) is 40.3. The molecule has 1 saturated carbocycles. The number of hydrogen-bond donors (Lipinski definition) is 1. The second-order valence-electron chi connectivity index (χ2n) is 19.4. The van der Waals surface area contributed by atoms with E-state index in [0.29, 0.717) is 60.9 Å². The minimum atomic E-state index is -0.282. The number of benzene rings is 4. The quantitative estimate of drug-likeness (QED) is 0.130. The number of aromatic nitrogens is 2. The number of ether oxygens (including phenoxy) is 2. The first-order valence-corrected chi connectivity index (χ1v) is 24.1. The second-order valence-corrected chi connectivity index (χ2v) is 19.4. The van der Waals surface area contributed by atoms with Crippen molar-refractivity contribution in [3.8, 4) is 35.1 Å². The van der Waals surface area contributed by atoms with Crippen LogP contribution in [0.1, 0.15) is 85.4 Å². The van der Waals surface area contributed by atoms with Crippen LogP contribution in [0.15, 0.2) is 97.1 Å². The van der Waals surface area contributed by atoms with Crippen molar-refractivity contribution in [2.24, 2.45) is 14.1 Å². The molecule has 1 N–H and O–H groups in total. The molecule has 3 amide bonds. The smallest absolute Gasteiger partial charge is 0.264 e. The van der Waals surface area contributed by atoms with Crippen LogP contribution in [-0.4, -0.2) is 97.7 Å². The summed E-state index contributed by atoms with van der Waals surface area (Å²) in [6.07, 6.45) is 9.80. The SMILES string of the molecule is C#Cc1cc(N(C(=O)c2cc(-c3cc4c(cc3C(=O)N3Cc5ccccc5C[C@H]3C)CN(C(=O)Cc3ccc(OCCN5CCOC6(CC6)C5)cc3)CC4)n(C)c2C)c2ccc(O)cc2)c(C)n1C. The maximum absolute atomic E-state index is 15.2. The van der Waals surface area contributed by atoms with E-state index in [1.165, 1.54) is 5.56 Å². The fraction of sp³-hybridized carbons (Fsp3) is 0.351. The third-order valence-corrected chi connectivity index (χ3v) is 15.0. The number of hydrogen-bond acceptors (Lipinski definition) is 7. The Balaban J connectivity index is 0.935. The summed E-state index contributed by atoms with van der Waals surface area (Å²) in [7, 11) is 3.80. The van der Waals surface area contributed by atoms with Crippen LogP contribution in [-0.2, 0) is 56.0 Å². The molecule has 2 fully saturated rings. The molecule has 5 heterocycles. The highest BCUT2D eigenvalue weighted by Crippen LogP contribution is 2.42. The van der Waals surface area contributed by atoms with Crippen LogP contribution < -0.4 is 9.64 Å². The van der Waals surface area contributed by atoms with Gasteiger partial charge in [-0.1, -0.05) is 42.3 Å². The lowest BCUT2D eigenvalue weighted by Gasteiger charge is -2.36. The van der Waals surface area contributed by atoms with Gasteiger partial charge in [-0.25, -0.2) is 0 Å². The van der Waals surface area contributed by atoms with Crippen molar-refractivity contribution in [2.75, 3.05) is 44.3 Å². The summed E-state index contributed by atoms with van der Waals surface area (Å²) < 4.78 is 15.9. The number of fused-ring (bicyclic) bond motifs is 2. The lowest BCUT2D eigenvalue weighted by molar-refractivity contribution is -0.131. The van der Waals surface area contributed by atoms with Gasteiger partial charge in [-0.3, -0.25) is 24.2 Å². The summed E-state index contributed by atoms with van der Waals surface area (Å²) in [5, 5.41) is 10.2. The monoisotopic (exact) mass is 924 g/mol. The number of amides is 3. The van der Waals surface area contributed by atoms with Gasteiger partial charge in [0.15, 0.2) is 0 Å². The molecular weight excluding hydrogens is 865 g/mol. The maximum atomic E-state index is 15.2. The third-order valence-electron chi connectivity index (χ3n) is 15.0. The van der Waals surface area contributed by atoms with Crippen molar-refractivity contribution in [1.29, 1.82) is 0 Å². The predicted octanol–water partition coefficient (Wildman–Crippen LogP) is 8.27. The largest absolute Gasteiger partial charge is 0.508 e. The summed E-state index contributed by atoms with van der Waals surface area (Å²) >= 11 is 0. The van der Waals surface area contributed by atoms with Gasteiger partial charge in [-0.05, 0) is 135 Å². The molecule has 2 aromatic heterocycles. The molecule has 0 radical (unpaired) electrons. The number of carbonyl (C=O) groups is 3. The molecule has 3 aliphatic heterocycles. The van der Waals surface area contributed by atoms with Crippen molar-refractivity contribution >= 4 is 29.1 Å². The zero-order valence-electron chi connectivity index (χ0n) is 40.3. The van der Waals surface area contributed by atoms with E-state index in [4.69, 9.17) is 15.9 Å². The number of phenolic OH excluding ortho intramolecular Hbond substituents is 1. The molecule has 4 aromatic carbocycles. The number of terminal acetylenes is 1. The number of phenols is 1. The Bertz CT molecular complexity index is 3010. The first-order valence-electron chi connectivity index (χ1n) is 24.1. The number of rotatable bonds is 11. The Morgan fingerprint density at radius 2 is 1.61 bits per heavy atom. The van der Waals surface area contributed by atoms with Gasteiger partial charge in [0.25, 0.3) is 11.8 Å². The first kappa shape index (κ1) is 45.7. The normalized spacial score (nSPS) is 17.2. The van der Waals surface area contributed by atoms with E-state index in [-0.39, 0.29) is 41.5 Å². The van der Waals surface area contributed by atoms with Gasteiger partial charge in [-0.2, -0.15) is 0 Å². The standard InChI is InChI=1S/C57H60N6O6/c1-7-45-32-52(39(4)58(45)5)63(46-14-16-47(64)17-15-46)56(67)49-33-53(59(6)38(49)3)50-30-42-20-23-61(34-44(42)31-51(50)55(66)62-35-43-11-9-8-10-41(43)28-37(62)2)54(65)29-40-12-18-48(19-13-40)68-26-24-60-25-27-69-57(36-60)21-22-57/h1,8-19,30-33,37,64H,20-29,34-36H2,2-6H3/t37-/m1/s1. The molecule has 1 aliphatic carbocycles. The molecule has 0 unspecified atom stereocenters. The van der Waals surface area contributed by atoms with Crippen LogP contribution in [0.3, 0.4) is 0 Å². The fourth-order valence-corrected chi connectivity index (χ4v) is 10.5. The van der Waals surface area contributed by atoms with E-state index in [1.807, 2.05) is 101 Å². The number of nitrogens with zero attached hydrogens (tertiary/aromatic N) is 6. The van der Waals surface area contributed by atoms with Gasteiger partial charge in [0.05, 0.1) is 35.6 Å². The van der Waals surface area contributed by atoms with Crippen LogP contribution in [0.2, 0.25) is 0 Å². The van der Waals surface area contributed by atoms with Crippen LogP contribution in [0, 0.1) is 26.2 Å². The van der Waals surface area contributed by atoms with Crippen molar-refractivity contribution in [1.82, 2.24) is 23.8 Å². The van der Waals surface area contributed by atoms with Crippen LogP contribution in [0.25, 0.3) is 11.3 Å². The molecule has 354 valence electrons. The molecule has 1 spiro atoms. The van der Waals surface area contributed by atoms with Crippen LogP contribution in [0.4, 0.5) is 11.4 Å². The number of carbonyl (C=O) groups excluding carboxylic acids is 3. The van der Waals surface area contributed by atoms with Gasteiger partial charge < -0.3 is 33.5 Å². The van der Waals surface area contributed by atoms with E-state index in [2.05, 4.69) is 35.9 Å². The summed E-state index contributed by atoms with van der Waals surface area (Å²) in [6.45, 7) is 11.5. The van der Waals surface area contributed by atoms with E-state index >= 15 is 9.59 Å². The minimum absolute atomic E-state index is 0.0243. The van der Waals surface area contributed by atoms with Gasteiger partial charge in [-0.15, -0.1) is 6.42 Å². The average molecular weight is 925 g/mol. The highest BCUT2D eigenvalue weighted by Gasteiger charge is 2.47. The van der Waals surface area contributed by atoms with E-state index in [1.54, 1.807) is 29.2 Å². The second kappa shape index (κ2) is 18.4. The van der Waals surface area contributed by atoms with Crippen molar-refractivity contribution in [2.45, 2.75) is 77.6 Å². The Morgan fingerprint density at radius 1 is 0.855 bits per heavy atom. The topological polar surface area (TPSA) is 113 Å². The average Bonchev–Trinajstić information content (AvgIpc) is 3.94. The van der Waals surface area contributed by atoms with E-state index in [0.717, 1.165) is 96.2 Å². The molecule has 10 rings (SSSR count). The Kier molecular flexibility index (Phi) is 12.2. The molecule has 12 nitrogen and oxygen atoms in total. The molecule has 1 saturated heterocycles. The molecule has 4 aliphatic rings. The van der Waals surface area contributed by atoms with Gasteiger partial charge >= 0.3 is 0 Å². The highest BCUT2D eigenvalue weighted by molar-refractivity contribution is 6.13. The predicted molar refractivity (Wildman–Crippen MR) is 267 cm³/mol. The van der Waals surface area contributed by atoms with Crippen molar-refractivity contribution in [3.63, 3.8) is 0 Å². The molecule has 0 bridgehead atoms. The first-order chi connectivity index (χ1) is 33.3. The Morgan fingerprint density at radius 3 is 2.33 bits per heavy atom. The maximum Gasteiger partial charge on any atom is 0.264 e. The van der Waals surface area contributed by atoms with E-state index < -0.39 is 0 Å². The van der Waals surface area contributed by atoms with Gasteiger partial charge in [0.1, 0.15) is 18.1 Å². The minimum Gasteiger partial charge on any atom is -0.508 e. The summed E-state index contributed by atoms with van der Waals surface area (Å²) in [6, 6.07) is 30.4. The molecule has 69 heavy (non-hydrogen) atoms. The summed E-state index contributed by atoms with van der Waals surface area (Å²) in [5.41, 5.74) is 11.2. The Hall–Kier alpha value is -7.07. The van der Waals surface area contributed by atoms with Crippen LogP contribution in [0.5, 0.6) is 11.5 Å². The van der Waals surface area contributed by atoms with Crippen molar-refractivity contribution in [3.05, 3.63) is 153 Å². The van der Waals surface area contributed by atoms with Crippen LogP contribution >= 0.6 is 0 Å². The van der Waals surface area contributed by atoms with E-state index in [9.17, 15) is 9.90 Å².